The summed E-state index contributed by atoms with van der Waals surface area (Å²) in [5.74, 6) is 1.64. The number of hydrogen-bond donors (Lipinski definition) is 0. The molecule has 0 aliphatic carbocycles. The first-order valence-corrected chi connectivity index (χ1v) is 10.3. The van der Waals surface area contributed by atoms with Crippen LogP contribution in [-0.4, -0.2) is 32.1 Å². The van der Waals surface area contributed by atoms with E-state index in [0.29, 0.717) is 29.6 Å². The lowest BCUT2D eigenvalue weighted by atomic mass is 10.1. The predicted octanol–water partition coefficient (Wildman–Crippen LogP) is 4.75. The van der Waals surface area contributed by atoms with Crippen molar-refractivity contribution in [3.8, 4) is 0 Å². The van der Waals surface area contributed by atoms with Crippen LogP contribution in [0.5, 0.6) is 0 Å². The zero-order valence-electron chi connectivity index (χ0n) is 16.9. The molecule has 1 amide bonds. The first-order valence-electron chi connectivity index (χ1n) is 9.96. The molecule has 0 N–H and O–H groups in total. The molecule has 1 aliphatic heterocycles. The van der Waals surface area contributed by atoms with Gasteiger partial charge in [0.15, 0.2) is 0 Å². The number of amides is 1. The Morgan fingerprint density at radius 2 is 2.07 bits per heavy atom. The highest BCUT2D eigenvalue weighted by Crippen LogP contribution is 2.33. The molecular weight excluding hydrogens is 388 g/mol. The SMILES string of the molecule is CC(C)c1cc(C(=O)N2CCC[C@H]2c2ncc(Cc3ccc(Cl)cc3)o2)n(C)n1. The molecule has 7 heteroatoms. The van der Waals surface area contributed by atoms with E-state index in [1.54, 1.807) is 10.9 Å². The normalized spacial score (nSPS) is 16.7. The van der Waals surface area contributed by atoms with E-state index < -0.39 is 0 Å². The fourth-order valence-electron chi connectivity index (χ4n) is 3.75. The van der Waals surface area contributed by atoms with E-state index >= 15 is 0 Å². The third-order valence-corrected chi connectivity index (χ3v) is 5.62. The van der Waals surface area contributed by atoms with E-state index in [0.717, 1.165) is 29.9 Å². The Bertz CT molecular complexity index is 1010. The average Bonchev–Trinajstić information content (AvgIpc) is 3.42. The van der Waals surface area contributed by atoms with Crippen LogP contribution < -0.4 is 0 Å². The molecule has 1 aliphatic rings. The van der Waals surface area contributed by atoms with Crippen LogP contribution in [0.15, 0.2) is 40.9 Å². The van der Waals surface area contributed by atoms with Crippen LogP contribution >= 0.6 is 11.6 Å². The number of halogens is 1. The van der Waals surface area contributed by atoms with Crippen LogP contribution in [0.1, 0.15) is 72.0 Å². The molecule has 6 nitrogen and oxygen atoms in total. The predicted molar refractivity (Wildman–Crippen MR) is 111 cm³/mol. The van der Waals surface area contributed by atoms with E-state index in [2.05, 4.69) is 23.9 Å². The van der Waals surface area contributed by atoms with E-state index in [1.165, 1.54) is 0 Å². The molecule has 1 atom stereocenters. The van der Waals surface area contributed by atoms with Gasteiger partial charge < -0.3 is 9.32 Å². The monoisotopic (exact) mass is 412 g/mol. The summed E-state index contributed by atoms with van der Waals surface area (Å²) in [6.07, 6.45) is 4.18. The second-order valence-electron chi connectivity index (χ2n) is 7.86. The molecule has 0 bridgehead atoms. The van der Waals surface area contributed by atoms with E-state index in [1.807, 2.05) is 42.3 Å². The van der Waals surface area contributed by atoms with Crippen LogP contribution in [-0.2, 0) is 13.5 Å². The molecule has 0 saturated carbocycles. The van der Waals surface area contributed by atoms with E-state index in [9.17, 15) is 4.79 Å². The number of aryl methyl sites for hydroxylation is 1. The van der Waals surface area contributed by atoms with Crippen LogP contribution in [0.2, 0.25) is 5.02 Å². The molecule has 152 valence electrons. The standard InChI is InChI=1S/C22H25ClN4O2/c1-14(2)18-12-20(26(3)25-18)22(28)27-10-4-5-19(27)21-24-13-17(29-21)11-15-6-8-16(23)9-7-15/h6-9,12-14,19H,4-5,10-11H2,1-3H3/t19-/m0/s1. The van der Waals surface area contributed by atoms with Crippen molar-refractivity contribution < 1.29 is 9.21 Å². The van der Waals surface area contributed by atoms with Crippen LogP contribution in [0.4, 0.5) is 0 Å². The van der Waals surface area contributed by atoms with Crippen LogP contribution in [0, 0.1) is 0 Å². The zero-order valence-corrected chi connectivity index (χ0v) is 17.7. The average molecular weight is 413 g/mol. The van der Waals surface area contributed by atoms with Gasteiger partial charge in [-0.2, -0.15) is 5.10 Å². The Kier molecular flexibility index (Phi) is 5.46. The van der Waals surface area contributed by atoms with Crippen molar-refractivity contribution in [1.29, 1.82) is 0 Å². The van der Waals surface area contributed by atoms with Gasteiger partial charge in [-0.25, -0.2) is 4.98 Å². The number of oxazole rings is 1. The summed E-state index contributed by atoms with van der Waals surface area (Å²) < 4.78 is 7.71. The Morgan fingerprint density at radius 1 is 1.31 bits per heavy atom. The Labute approximate surface area is 175 Å². The summed E-state index contributed by atoms with van der Waals surface area (Å²) in [4.78, 5) is 19.5. The summed E-state index contributed by atoms with van der Waals surface area (Å²) in [6.45, 7) is 4.84. The van der Waals surface area contributed by atoms with Crippen molar-refractivity contribution in [3.05, 3.63) is 70.2 Å². The van der Waals surface area contributed by atoms with Gasteiger partial charge in [0, 0.05) is 25.0 Å². The van der Waals surface area contributed by atoms with Gasteiger partial charge in [0.25, 0.3) is 5.91 Å². The highest BCUT2D eigenvalue weighted by Gasteiger charge is 2.35. The quantitative estimate of drug-likeness (QED) is 0.606. The molecule has 3 aromatic rings. The minimum atomic E-state index is -0.140. The number of aromatic nitrogens is 3. The number of hydrogen-bond acceptors (Lipinski definition) is 4. The lowest BCUT2D eigenvalue weighted by Crippen LogP contribution is -2.32. The number of likely N-dealkylation sites (tertiary alicyclic amines) is 1. The van der Waals surface area contributed by atoms with Gasteiger partial charge in [-0.1, -0.05) is 37.6 Å². The molecule has 0 unspecified atom stereocenters. The summed E-state index contributed by atoms with van der Waals surface area (Å²) >= 11 is 5.95. The maximum absolute atomic E-state index is 13.2. The molecule has 2 aromatic heterocycles. The van der Waals surface area contributed by atoms with Gasteiger partial charge in [0.05, 0.1) is 11.9 Å². The van der Waals surface area contributed by atoms with Gasteiger partial charge in [0.2, 0.25) is 5.89 Å². The Hall–Kier alpha value is -2.60. The molecule has 0 spiro atoms. The second kappa shape index (κ2) is 8.03. The largest absolute Gasteiger partial charge is 0.443 e. The molecule has 0 radical (unpaired) electrons. The van der Waals surface area contributed by atoms with Gasteiger partial charge >= 0.3 is 0 Å². The number of rotatable bonds is 5. The molecule has 1 fully saturated rings. The third kappa shape index (κ3) is 4.08. The maximum atomic E-state index is 13.2. The minimum Gasteiger partial charge on any atom is -0.443 e. The highest BCUT2D eigenvalue weighted by molar-refractivity contribution is 6.30. The van der Waals surface area contributed by atoms with Crippen molar-refractivity contribution in [3.63, 3.8) is 0 Å². The Balaban J connectivity index is 1.52. The lowest BCUT2D eigenvalue weighted by Gasteiger charge is -2.22. The van der Waals surface area contributed by atoms with Crippen molar-refractivity contribution >= 4 is 17.5 Å². The number of carbonyl (C=O) groups is 1. The van der Waals surface area contributed by atoms with Gasteiger partial charge in [-0.3, -0.25) is 9.48 Å². The summed E-state index contributed by atoms with van der Waals surface area (Å²) in [5, 5.41) is 5.19. The lowest BCUT2D eigenvalue weighted by molar-refractivity contribution is 0.0703. The first kappa shape index (κ1) is 19.7. The minimum absolute atomic E-state index is 0.0214. The molecule has 1 saturated heterocycles. The smallest absolute Gasteiger partial charge is 0.272 e. The summed E-state index contributed by atoms with van der Waals surface area (Å²) in [5.41, 5.74) is 2.63. The molecule has 3 heterocycles. The van der Waals surface area contributed by atoms with Crippen molar-refractivity contribution in [2.75, 3.05) is 6.54 Å². The summed E-state index contributed by atoms with van der Waals surface area (Å²) in [7, 11) is 1.82. The van der Waals surface area contributed by atoms with Crippen molar-refractivity contribution in [2.24, 2.45) is 7.05 Å². The van der Waals surface area contributed by atoms with Crippen molar-refractivity contribution in [1.82, 2.24) is 19.7 Å². The van der Waals surface area contributed by atoms with Gasteiger partial charge in [0.1, 0.15) is 17.5 Å². The maximum Gasteiger partial charge on any atom is 0.272 e. The van der Waals surface area contributed by atoms with Gasteiger partial charge in [-0.15, -0.1) is 0 Å². The van der Waals surface area contributed by atoms with Crippen molar-refractivity contribution in [2.45, 2.75) is 45.1 Å². The fraction of sp³-hybridized carbons (Fsp3) is 0.409. The molecule has 29 heavy (non-hydrogen) atoms. The Morgan fingerprint density at radius 3 is 2.76 bits per heavy atom. The topological polar surface area (TPSA) is 64.2 Å². The fourth-order valence-corrected chi connectivity index (χ4v) is 3.87. The number of benzene rings is 1. The second-order valence-corrected chi connectivity index (χ2v) is 8.29. The number of carbonyl (C=O) groups excluding carboxylic acids is 1. The zero-order chi connectivity index (χ0) is 20.5. The van der Waals surface area contributed by atoms with Gasteiger partial charge in [-0.05, 0) is 42.5 Å². The van der Waals surface area contributed by atoms with E-state index in [4.69, 9.17) is 16.0 Å². The van der Waals surface area contributed by atoms with Crippen LogP contribution in [0.25, 0.3) is 0 Å². The molecular formula is C22H25ClN4O2. The molecule has 4 rings (SSSR count). The molecule has 1 aromatic carbocycles. The highest BCUT2D eigenvalue weighted by atomic mass is 35.5. The summed E-state index contributed by atoms with van der Waals surface area (Å²) in [6, 6.07) is 9.44. The van der Waals surface area contributed by atoms with E-state index in [-0.39, 0.29) is 17.9 Å². The third-order valence-electron chi connectivity index (χ3n) is 5.37. The first-order chi connectivity index (χ1) is 13.9. The van der Waals surface area contributed by atoms with Crippen LogP contribution in [0.3, 0.4) is 0 Å². The number of nitrogens with zero attached hydrogens (tertiary/aromatic N) is 4.